The molecule has 0 radical (unpaired) electrons. The first-order chi connectivity index (χ1) is 9.61. The van der Waals surface area contributed by atoms with Crippen molar-refractivity contribution in [2.45, 2.75) is 82.4 Å². The fourth-order valence-corrected chi connectivity index (χ4v) is 4.62. The van der Waals surface area contributed by atoms with Crippen LogP contribution in [0.4, 0.5) is 0 Å². The van der Waals surface area contributed by atoms with Crippen LogP contribution in [-0.2, 0) is 9.53 Å². The zero-order chi connectivity index (χ0) is 14.2. The molecule has 1 amide bonds. The van der Waals surface area contributed by atoms with Crippen LogP contribution >= 0.6 is 0 Å². The molecule has 4 nitrogen and oxygen atoms in total. The van der Waals surface area contributed by atoms with Crippen LogP contribution in [0.2, 0.25) is 0 Å². The van der Waals surface area contributed by atoms with Gasteiger partial charge in [-0.1, -0.05) is 25.7 Å². The maximum Gasteiger partial charge on any atom is 0.240 e. The van der Waals surface area contributed by atoms with Gasteiger partial charge in [0.15, 0.2) is 0 Å². The van der Waals surface area contributed by atoms with Crippen LogP contribution in [0.3, 0.4) is 0 Å². The molecule has 0 aromatic rings. The third-order valence-corrected chi connectivity index (χ3v) is 5.94. The summed E-state index contributed by atoms with van der Waals surface area (Å²) in [7, 11) is 0. The molecule has 2 unspecified atom stereocenters. The summed E-state index contributed by atoms with van der Waals surface area (Å²) in [6.07, 6.45) is 10.1. The van der Waals surface area contributed by atoms with Gasteiger partial charge in [-0.2, -0.15) is 0 Å². The van der Waals surface area contributed by atoms with E-state index in [1.807, 2.05) is 0 Å². The number of carbonyl (C=O) groups is 1. The molecular formula is C16H28N2O2. The molecule has 0 aromatic carbocycles. The van der Waals surface area contributed by atoms with Gasteiger partial charge in [-0.3, -0.25) is 4.79 Å². The molecule has 0 heterocycles. The van der Waals surface area contributed by atoms with Gasteiger partial charge in [0.05, 0.1) is 11.6 Å². The largest absolute Gasteiger partial charge is 0.378 e. The van der Waals surface area contributed by atoms with Crippen molar-refractivity contribution in [3.05, 3.63) is 0 Å². The van der Waals surface area contributed by atoms with Crippen LogP contribution in [0.5, 0.6) is 0 Å². The number of carbonyl (C=O) groups excluding carboxylic acids is 1. The van der Waals surface area contributed by atoms with Gasteiger partial charge in [0.2, 0.25) is 5.91 Å². The summed E-state index contributed by atoms with van der Waals surface area (Å²) >= 11 is 0. The van der Waals surface area contributed by atoms with E-state index in [0.717, 1.165) is 38.7 Å². The van der Waals surface area contributed by atoms with E-state index >= 15 is 0 Å². The zero-order valence-corrected chi connectivity index (χ0v) is 12.6. The van der Waals surface area contributed by atoms with Gasteiger partial charge in [0.1, 0.15) is 0 Å². The van der Waals surface area contributed by atoms with Crippen molar-refractivity contribution in [2.24, 2.45) is 11.1 Å². The number of amides is 1. The Labute approximate surface area is 121 Å². The molecule has 1 spiro atoms. The van der Waals surface area contributed by atoms with Gasteiger partial charge in [0, 0.05) is 18.1 Å². The van der Waals surface area contributed by atoms with Crippen LogP contribution in [0.1, 0.15) is 64.7 Å². The Balaban J connectivity index is 1.64. The van der Waals surface area contributed by atoms with Crippen LogP contribution in [0, 0.1) is 5.41 Å². The first-order valence-corrected chi connectivity index (χ1v) is 8.32. The first-order valence-electron chi connectivity index (χ1n) is 8.32. The molecule has 2 atom stereocenters. The lowest BCUT2D eigenvalue weighted by molar-refractivity contribution is -0.147. The van der Waals surface area contributed by atoms with Crippen molar-refractivity contribution in [1.29, 1.82) is 0 Å². The quantitative estimate of drug-likeness (QED) is 0.829. The molecule has 3 aliphatic carbocycles. The fraction of sp³-hybridized carbons (Fsp3) is 0.938. The average molecular weight is 280 g/mol. The average Bonchev–Trinajstić information content (AvgIpc) is 3.08. The maximum atomic E-state index is 12.5. The maximum absolute atomic E-state index is 12.5. The van der Waals surface area contributed by atoms with Gasteiger partial charge in [-0.15, -0.1) is 0 Å². The smallest absolute Gasteiger partial charge is 0.240 e. The highest BCUT2D eigenvalue weighted by Gasteiger charge is 2.57. The van der Waals surface area contributed by atoms with Crippen molar-refractivity contribution >= 4 is 5.91 Å². The second kappa shape index (κ2) is 5.30. The Bertz CT molecular complexity index is 371. The highest BCUT2D eigenvalue weighted by Crippen LogP contribution is 2.54. The van der Waals surface area contributed by atoms with Crippen LogP contribution in [-0.4, -0.2) is 30.2 Å². The lowest BCUT2D eigenvalue weighted by atomic mass is 9.60. The van der Waals surface area contributed by atoms with Crippen molar-refractivity contribution in [1.82, 2.24) is 5.32 Å². The Morgan fingerprint density at radius 2 is 1.80 bits per heavy atom. The zero-order valence-electron chi connectivity index (χ0n) is 12.6. The van der Waals surface area contributed by atoms with Gasteiger partial charge in [-0.05, 0) is 39.0 Å². The number of ether oxygens (including phenoxy) is 1. The number of hydrogen-bond acceptors (Lipinski definition) is 3. The van der Waals surface area contributed by atoms with E-state index in [1.54, 1.807) is 0 Å². The van der Waals surface area contributed by atoms with E-state index in [0.29, 0.717) is 6.10 Å². The van der Waals surface area contributed by atoms with Crippen molar-refractivity contribution in [3.63, 3.8) is 0 Å². The monoisotopic (exact) mass is 280 g/mol. The molecule has 3 rings (SSSR count). The molecular weight excluding hydrogens is 252 g/mol. The molecule has 114 valence electrons. The minimum Gasteiger partial charge on any atom is -0.378 e. The molecule has 3 fully saturated rings. The van der Waals surface area contributed by atoms with E-state index < -0.39 is 5.54 Å². The van der Waals surface area contributed by atoms with Crippen LogP contribution in [0.15, 0.2) is 0 Å². The van der Waals surface area contributed by atoms with Crippen molar-refractivity contribution < 1.29 is 9.53 Å². The minimum absolute atomic E-state index is 0.0845. The lowest BCUT2D eigenvalue weighted by Gasteiger charge is -2.54. The number of nitrogens with two attached hydrogens (primary N) is 1. The molecule has 3 saturated carbocycles. The Morgan fingerprint density at radius 3 is 2.40 bits per heavy atom. The highest BCUT2D eigenvalue weighted by atomic mass is 16.5. The molecule has 4 heteroatoms. The SMILES string of the molecule is CCOC1CC(NC(=O)C2(N)CCCC2)C12CCCC2. The number of hydrogen-bond donors (Lipinski definition) is 2. The minimum atomic E-state index is -0.601. The standard InChI is InChI=1S/C16H28N2O2/c1-2-20-13-11-12(15(13)7-3-4-8-15)18-14(19)16(17)9-5-6-10-16/h12-13H,2-11,17H2,1H3,(H,18,19). The third kappa shape index (κ3) is 2.17. The predicted molar refractivity (Wildman–Crippen MR) is 78.2 cm³/mol. The van der Waals surface area contributed by atoms with Gasteiger partial charge >= 0.3 is 0 Å². The van der Waals surface area contributed by atoms with E-state index in [9.17, 15) is 4.79 Å². The summed E-state index contributed by atoms with van der Waals surface area (Å²) in [5.74, 6) is 0.0845. The normalized spacial score (nSPS) is 34.1. The number of nitrogens with one attached hydrogen (secondary N) is 1. The summed E-state index contributed by atoms with van der Waals surface area (Å²) in [4.78, 5) is 12.5. The molecule has 0 aliphatic heterocycles. The summed E-state index contributed by atoms with van der Waals surface area (Å²) in [5.41, 5.74) is 5.88. The summed E-state index contributed by atoms with van der Waals surface area (Å²) in [5, 5.41) is 3.28. The van der Waals surface area contributed by atoms with E-state index in [-0.39, 0.29) is 17.4 Å². The Kier molecular flexibility index (Phi) is 3.80. The second-order valence-corrected chi connectivity index (χ2v) is 7.01. The predicted octanol–water partition coefficient (Wildman–Crippen LogP) is 2.11. The first kappa shape index (κ1) is 14.3. The molecule has 0 aromatic heterocycles. The fourth-order valence-electron chi connectivity index (χ4n) is 4.62. The van der Waals surface area contributed by atoms with Crippen LogP contribution < -0.4 is 11.1 Å². The summed E-state index contributed by atoms with van der Waals surface area (Å²) in [6, 6.07) is 0.287. The van der Waals surface area contributed by atoms with Crippen LogP contribution in [0.25, 0.3) is 0 Å². The highest BCUT2D eigenvalue weighted by molar-refractivity contribution is 5.86. The van der Waals surface area contributed by atoms with E-state index in [2.05, 4.69) is 12.2 Å². The Morgan fingerprint density at radius 1 is 1.20 bits per heavy atom. The lowest BCUT2D eigenvalue weighted by Crippen LogP contribution is -2.67. The molecule has 0 bridgehead atoms. The third-order valence-electron chi connectivity index (χ3n) is 5.94. The Hall–Kier alpha value is -0.610. The molecule has 3 aliphatic rings. The van der Waals surface area contributed by atoms with Gasteiger partial charge < -0.3 is 15.8 Å². The van der Waals surface area contributed by atoms with E-state index in [1.165, 1.54) is 25.7 Å². The van der Waals surface area contributed by atoms with Gasteiger partial charge in [-0.25, -0.2) is 0 Å². The molecule has 0 saturated heterocycles. The number of rotatable bonds is 4. The van der Waals surface area contributed by atoms with E-state index in [4.69, 9.17) is 10.5 Å². The van der Waals surface area contributed by atoms with Gasteiger partial charge in [0.25, 0.3) is 0 Å². The summed E-state index contributed by atoms with van der Waals surface area (Å²) < 4.78 is 5.90. The topological polar surface area (TPSA) is 64.3 Å². The summed E-state index contributed by atoms with van der Waals surface area (Å²) in [6.45, 7) is 2.83. The second-order valence-electron chi connectivity index (χ2n) is 7.01. The molecule has 3 N–H and O–H groups in total. The van der Waals surface area contributed by atoms with Crippen molar-refractivity contribution in [3.8, 4) is 0 Å². The van der Waals surface area contributed by atoms with Crippen molar-refractivity contribution in [2.75, 3.05) is 6.61 Å². The molecule has 20 heavy (non-hydrogen) atoms.